The molecule has 2 aromatic rings. The molecule has 2 rings (SSSR count). The molecule has 37 heavy (non-hydrogen) atoms. The summed E-state index contributed by atoms with van der Waals surface area (Å²) in [5, 5.41) is 0. The molecular weight excluding hydrogens is 548 g/mol. The predicted octanol–water partition coefficient (Wildman–Crippen LogP) is 6.65. The lowest BCUT2D eigenvalue weighted by Gasteiger charge is -2.12. The summed E-state index contributed by atoms with van der Waals surface area (Å²) in [4.78, 5) is 34.0. The molecule has 2 aromatic carbocycles. The van der Waals surface area contributed by atoms with Gasteiger partial charge in [0.05, 0.1) is 14.2 Å². The predicted molar refractivity (Wildman–Crippen MR) is 150 cm³/mol. The van der Waals surface area contributed by atoms with Gasteiger partial charge in [-0.15, -0.1) is 0 Å². The maximum atomic E-state index is 11.6. The standard InChI is InChI=1S/C12H14O5.C11H13BrO4.4CH4/c1-8-9(6-13)4-5-10(17-7-15-2)11(8)12(14)16-3;1-7-8(12)4-5-9(16-6-14-2)10(7)11(13)15-3;;;;/h4-6H,7H2,1-3H3;4-5H,6H2,1-3H3;4*1H4. The van der Waals surface area contributed by atoms with Crippen molar-refractivity contribution in [3.63, 3.8) is 0 Å². The lowest BCUT2D eigenvalue weighted by atomic mass is 10.0. The molecule has 10 heteroatoms. The van der Waals surface area contributed by atoms with E-state index in [1.165, 1.54) is 28.4 Å². The van der Waals surface area contributed by atoms with E-state index < -0.39 is 11.9 Å². The van der Waals surface area contributed by atoms with Gasteiger partial charge in [-0.1, -0.05) is 45.6 Å². The number of aldehydes is 1. The molecule has 0 atom stereocenters. The van der Waals surface area contributed by atoms with Gasteiger partial charge in [0.2, 0.25) is 0 Å². The third-order valence-corrected chi connectivity index (χ3v) is 5.26. The molecule has 0 unspecified atom stereocenters. The number of hydrogen-bond acceptors (Lipinski definition) is 9. The zero-order valence-electron chi connectivity index (χ0n) is 19.4. The van der Waals surface area contributed by atoms with Crippen LogP contribution in [-0.2, 0) is 18.9 Å². The van der Waals surface area contributed by atoms with E-state index in [0.29, 0.717) is 34.5 Å². The Kier molecular flexibility index (Phi) is 23.6. The highest BCUT2D eigenvalue weighted by Crippen LogP contribution is 2.29. The van der Waals surface area contributed by atoms with Crippen molar-refractivity contribution in [1.29, 1.82) is 0 Å². The molecule has 0 radical (unpaired) electrons. The minimum absolute atomic E-state index is 0. The Hall–Kier alpha value is -2.95. The van der Waals surface area contributed by atoms with Crippen LogP contribution < -0.4 is 9.47 Å². The van der Waals surface area contributed by atoms with Gasteiger partial charge in [0.25, 0.3) is 0 Å². The van der Waals surface area contributed by atoms with Crippen LogP contribution in [-0.4, -0.2) is 60.2 Å². The minimum atomic E-state index is -0.544. The largest absolute Gasteiger partial charge is 0.467 e. The van der Waals surface area contributed by atoms with Gasteiger partial charge in [-0.05, 0) is 49.2 Å². The zero-order valence-corrected chi connectivity index (χ0v) is 20.9. The molecule has 212 valence electrons. The lowest BCUT2D eigenvalue weighted by Crippen LogP contribution is -2.10. The van der Waals surface area contributed by atoms with E-state index in [4.69, 9.17) is 23.7 Å². The van der Waals surface area contributed by atoms with Crippen molar-refractivity contribution in [2.75, 3.05) is 42.0 Å². The Morgan fingerprint density at radius 1 is 0.730 bits per heavy atom. The summed E-state index contributed by atoms with van der Waals surface area (Å²) in [6.45, 7) is 3.58. The number of ether oxygens (including phenoxy) is 6. The molecular formula is C27H43BrO9. The number of benzene rings is 2. The molecule has 0 fully saturated rings. The molecule has 0 aliphatic carbocycles. The number of methoxy groups -OCH3 is 4. The average Bonchev–Trinajstić information content (AvgIpc) is 2.82. The highest BCUT2D eigenvalue weighted by Gasteiger charge is 2.19. The van der Waals surface area contributed by atoms with E-state index in [2.05, 4.69) is 20.7 Å². The van der Waals surface area contributed by atoms with Gasteiger partial charge in [0.15, 0.2) is 13.6 Å². The number of rotatable bonds is 9. The fourth-order valence-electron chi connectivity index (χ4n) is 2.69. The molecule has 0 amide bonds. The van der Waals surface area contributed by atoms with Crippen molar-refractivity contribution in [2.45, 2.75) is 43.6 Å². The van der Waals surface area contributed by atoms with Crippen LogP contribution in [0.15, 0.2) is 28.7 Å². The quantitative estimate of drug-likeness (QED) is 0.180. The smallest absolute Gasteiger partial charge is 0.341 e. The van der Waals surface area contributed by atoms with Gasteiger partial charge in [0, 0.05) is 24.3 Å². The van der Waals surface area contributed by atoms with Crippen LogP contribution in [0.4, 0.5) is 0 Å². The van der Waals surface area contributed by atoms with E-state index in [1.54, 1.807) is 25.1 Å². The second-order valence-corrected chi connectivity index (χ2v) is 7.26. The van der Waals surface area contributed by atoms with Crippen molar-refractivity contribution < 1.29 is 42.8 Å². The number of esters is 2. The first-order valence-electron chi connectivity index (χ1n) is 9.55. The summed E-state index contributed by atoms with van der Waals surface area (Å²) in [6, 6.07) is 6.64. The molecule has 0 heterocycles. The van der Waals surface area contributed by atoms with Gasteiger partial charge in [0.1, 0.15) is 28.9 Å². The van der Waals surface area contributed by atoms with Crippen molar-refractivity contribution >= 4 is 34.2 Å². The van der Waals surface area contributed by atoms with Crippen LogP contribution in [0.5, 0.6) is 11.5 Å². The molecule has 0 saturated heterocycles. The Balaban J connectivity index is -0.000000266. The summed E-state index contributed by atoms with van der Waals surface area (Å²) in [7, 11) is 5.60. The number of halogens is 1. The molecule has 0 aliphatic heterocycles. The van der Waals surface area contributed by atoms with Crippen LogP contribution in [0, 0.1) is 13.8 Å². The molecule has 9 nitrogen and oxygen atoms in total. The van der Waals surface area contributed by atoms with Crippen LogP contribution in [0.2, 0.25) is 0 Å². The van der Waals surface area contributed by atoms with Gasteiger partial charge in [-0.25, -0.2) is 9.59 Å². The fourth-order valence-corrected chi connectivity index (χ4v) is 3.02. The summed E-state index contributed by atoms with van der Waals surface area (Å²) in [6.07, 6.45) is 0.682. The third kappa shape index (κ3) is 11.3. The second kappa shape index (κ2) is 21.2. The Morgan fingerprint density at radius 2 is 1.14 bits per heavy atom. The maximum Gasteiger partial charge on any atom is 0.341 e. The summed E-state index contributed by atoms with van der Waals surface area (Å²) in [5.41, 5.74) is 2.39. The topological polar surface area (TPSA) is 107 Å². The average molecular weight is 592 g/mol. The Morgan fingerprint density at radius 3 is 1.51 bits per heavy atom. The molecule has 0 aliphatic rings. The zero-order chi connectivity index (χ0) is 25.0. The van der Waals surface area contributed by atoms with Crippen molar-refractivity contribution in [3.05, 3.63) is 56.6 Å². The summed E-state index contributed by atoms with van der Waals surface area (Å²) >= 11 is 3.35. The van der Waals surface area contributed by atoms with E-state index >= 15 is 0 Å². The summed E-state index contributed by atoms with van der Waals surface area (Å²) < 4.78 is 30.3. The summed E-state index contributed by atoms with van der Waals surface area (Å²) in [5.74, 6) is -0.182. The maximum absolute atomic E-state index is 11.6. The number of hydrogen-bond donors (Lipinski definition) is 0. The lowest BCUT2D eigenvalue weighted by molar-refractivity contribution is 0.0457. The van der Waals surface area contributed by atoms with Crippen molar-refractivity contribution in [1.82, 2.24) is 0 Å². The Bertz CT molecular complexity index is 975. The minimum Gasteiger partial charge on any atom is -0.467 e. The van der Waals surface area contributed by atoms with Crippen LogP contribution in [0.3, 0.4) is 0 Å². The van der Waals surface area contributed by atoms with E-state index in [9.17, 15) is 14.4 Å². The number of carbonyl (C=O) groups is 3. The second-order valence-electron chi connectivity index (χ2n) is 6.40. The molecule has 0 aromatic heterocycles. The first kappa shape index (κ1) is 41.2. The third-order valence-electron chi connectivity index (χ3n) is 4.40. The van der Waals surface area contributed by atoms with Crippen LogP contribution in [0.1, 0.15) is 71.9 Å². The van der Waals surface area contributed by atoms with E-state index in [1.807, 2.05) is 13.0 Å². The molecule has 0 saturated carbocycles. The van der Waals surface area contributed by atoms with Crippen molar-refractivity contribution in [3.8, 4) is 11.5 Å². The first-order valence-corrected chi connectivity index (χ1v) is 10.3. The fraction of sp³-hybridized carbons (Fsp3) is 0.444. The highest BCUT2D eigenvalue weighted by molar-refractivity contribution is 9.10. The van der Waals surface area contributed by atoms with Gasteiger partial charge < -0.3 is 28.4 Å². The molecule has 0 N–H and O–H groups in total. The van der Waals surface area contributed by atoms with Gasteiger partial charge in [-0.3, -0.25) is 4.79 Å². The normalized spacial score (nSPS) is 8.84. The SMILES string of the molecule is C.C.C.C.COCOc1ccc(Br)c(C)c1C(=O)OC.COCOc1ccc(C=O)c(C)c1C(=O)OC. The molecule has 0 bridgehead atoms. The van der Waals surface area contributed by atoms with Crippen molar-refractivity contribution in [2.24, 2.45) is 0 Å². The monoisotopic (exact) mass is 590 g/mol. The van der Waals surface area contributed by atoms with Gasteiger partial charge >= 0.3 is 11.9 Å². The van der Waals surface area contributed by atoms with Crippen LogP contribution >= 0.6 is 15.9 Å². The van der Waals surface area contributed by atoms with Gasteiger partial charge in [-0.2, -0.15) is 0 Å². The molecule has 0 spiro atoms. The Labute approximate surface area is 230 Å². The number of carbonyl (C=O) groups excluding carboxylic acids is 3. The van der Waals surface area contributed by atoms with E-state index in [0.717, 1.165) is 10.0 Å². The first-order chi connectivity index (χ1) is 15.8. The van der Waals surface area contributed by atoms with E-state index in [-0.39, 0.29) is 48.9 Å². The van der Waals surface area contributed by atoms with Crippen LogP contribution in [0.25, 0.3) is 0 Å². The highest BCUT2D eigenvalue weighted by atomic mass is 79.9.